The fraction of sp³-hybridized carbons (Fsp3) is 0.333. The van der Waals surface area contributed by atoms with E-state index >= 15 is 0 Å². The maximum Gasteiger partial charge on any atom is 0.283 e. The molecule has 1 aromatic rings. The molecular weight excluding hydrogens is 326 g/mol. The van der Waals surface area contributed by atoms with Gasteiger partial charge in [0.15, 0.2) is 0 Å². The van der Waals surface area contributed by atoms with Crippen molar-refractivity contribution in [2.75, 3.05) is 6.54 Å². The van der Waals surface area contributed by atoms with Crippen LogP contribution >= 0.6 is 15.9 Å². The number of nitro groups is 1. The average Bonchev–Trinajstić information content (AvgIpc) is 2.27. The molecule has 0 bridgehead atoms. The summed E-state index contributed by atoms with van der Waals surface area (Å²) in [5, 5.41) is 10.6. The molecule has 0 saturated heterocycles. The smallest absolute Gasteiger partial charge is 0.283 e. The van der Waals surface area contributed by atoms with Crippen molar-refractivity contribution in [1.82, 2.24) is 4.72 Å². The van der Waals surface area contributed by atoms with Crippen LogP contribution in [0.1, 0.15) is 6.92 Å². The van der Waals surface area contributed by atoms with E-state index in [0.717, 1.165) is 6.07 Å². The highest BCUT2D eigenvalue weighted by Crippen LogP contribution is 2.27. The summed E-state index contributed by atoms with van der Waals surface area (Å²) in [7, 11) is -3.72. The molecule has 9 heteroatoms. The first-order valence-corrected chi connectivity index (χ1v) is 7.22. The van der Waals surface area contributed by atoms with Gasteiger partial charge < -0.3 is 5.73 Å². The third-order valence-electron chi connectivity index (χ3n) is 2.14. The van der Waals surface area contributed by atoms with Crippen LogP contribution in [0.5, 0.6) is 0 Å². The monoisotopic (exact) mass is 337 g/mol. The number of nitrogens with two attached hydrogens (primary N) is 1. The minimum atomic E-state index is -3.72. The van der Waals surface area contributed by atoms with Crippen LogP contribution in [0.4, 0.5) is 5.69 Å². The van der Waals surface area contributed by atoms with Gasteiger partial charge in [0, 0.05) is 18.7 Å². The van der Waals surface area contributed by atoms with Gasteiger partial charge in [-0.25, -0.2) is 13.1 Å². The van der Waals surface area contributed by atoms with Crippen LogP contribution in [-0.2, 0) is 10.0 Å². The lowest BCUT2D eigenvalue weighted by molar-refractivity contribution is -0.385. The van der Waals surface area contributed by atoms with Crippen LogP contribution in [0.2, 0.25) is 0 Å². The second-order valence-electron chi connectivity index (χ2n) is 3.63. The van der Waals surface area contributed by atoms with Gasteiger partial charge in [-0.2, -0.15) is 0 Å². The van der Waals surface area contributed by atoms with E-state index in [4.69, 9.17) is 5.73 Å². The van der Waals surface area contributed by atoms with Gasteiger partial charge in [-0.3, -0.25) is 10.1 Å². The SMILES string of the molecule is C[C@@H](CN)NS(=O)(=O)c1ccc([N+](=O)[O-])c(Br)c1. The van der Waals surface area contributed by atoms with Gasteiger partial charge in [0.25, 0.3) is 5.69 Å². The number of hydrogen-bond acceptors (Lipinski definition) is 5. The number of rotatable bonds is 5. The van der Waals surface area contributed by atoms with Crippen molar-refractivity contribution in [3.63, 3.8) is 0 Å². The van der Waals surface area contributed by atoms with Gasteiger partial charge in [0.2, 0.25) is 10.0 Å². The summed E-state index contributed by atoms with van der Waals surface area (Å²) in [4.78, 5) is 9.94. The molecule has 7 nitrogen and oxygen atoms in total. The zero-order chi connectivity index (χ0) is 13.9. The lowest BCUT2D eigenvalue weighted by atomic mass is 10.3. The van der Waals surface area contributed by atoms with Crippen LogP contribution in [0.15, 0.2) is 27.6 Å². The fourth-order valence-electron chi connectivity index (χ4n) is 1.18. The van der Waals surface area contributed by atoms with Gasteiger partial charge in [-0.1, -0.05) is 0 Å². The number of sulfonamides is 1. The first-order chi connectivity index (χ1) is 8.27. The van der Waals surface area contributed by atoms with Crippen molar-refractivity contribution < 1.29 is 13.3 Å². The molecule has 0 fully saturated rings. The summed E-state index contributed by atoms with van der Waals surface area (Å²) < 4.78 is 26.2. The molecule has 1 rings (SSSR count). The zero-order valence-electron chi connectivity index (χ0n) is 9.46. The van der Waals surface area contributed by atoms with Gasteiger partial charge in [-0.05, 0) is 35.0 Å². The summed E-state index contributed by atoms with van der Waals surface area (Å²) in [6.07, 6.45) is 0. The summed E-state index contributed by atoms with van der Waals surface area (Å²) in [6, 6.07) is 3.08. The third-order valence-corrected chi connectivity index (χ3v) is 4.36. The molecule has 0 saturated carbocycles. The van der Waals surface area contributed by atoms with Crippen LogP contribution < -0.4 is 10.5 Å². The lowest BCUT2D eigenvalue weighted by Gasteiger charge is -2.12. The predicted molar refractivity (Wildman–Crippen MR) is 69.6 cm³/mol. The van der Waals surface area contributed by atoms with E-state index in [1.165, 1.54) is 12.1 Å². The summed E-state index contributed by atoms with van der Waals surface area (Å²) in [6.45, 7) is 1.78. The summed E-state index contributed by atoms with van der Waals surface area (Å²) in [5.41, 5.74) is 5.13. The Morgan fingerprint density at radius 1 is 1.56 bits per heavy atom. The largest absolute Gasteiger partial charge is 0.329 e. The molecule has 100 valence electrons. The van der Waals surface area contributed by atoms with E-state index in [0.29, 0.717) is 0 Å². The average molecular weight is 338 g/mol. The first kappa shape index (κ1) is 15.0. The molecular formula is C9H12BrN3O4S. The molecule has 1 atom stereocenters. The Bertz CT molecular complexity index is 561. The fourth-order valence-corrected chi connectivity index (χ4v) is 3.14. The quantitative estimate of drug-likeness (QED) is 0.613. The molecule has 0 aliphatic rings. The Hall–Kier alpha value is -1.03. The molecule has 0 unspecified atom stereocenters. The number of benzene rings is 1. The number of nitrogens with one attached hydrogen (secondary N) is 1. The van der Waals surface area contributed by atoms with Crippen molar-refractivity contribution in [2.24, 2.45) is 5.73 Å². The van der Waals surface area contributed by atoms with Gasteiger partial charge in [-0.15, -0.1) is 0 Å². The van der Waals surface area contributed by atoms with E-state index in [1.54, 1.807) is 6.92 Å². The van der Waals surface area contributed by atoms with E-state index in [9.17, 15) is 18.5 Å². The van der Waals surface area contributed by atoms with Crippen molar-refractivity contribution in [3.8, 4) is 0 Å². The van der Waals surface area contributed by atoms with Gasteiger partial charge >= 0.3 is 0 Å². The van der Waals surface area contributed by atoms with E-state index in [1.807, 2.05) is 0 Å². The highest BCUT2D eigenvalue weighted by Gasteiger charge is 2.20. The standard InChI is InChI=1S/C9H12BrN3O4S/c1-6(5-11)12-18(16,17)7-2-3-9(13(14)15)8(10)4-7/h2-4,6,12H,5,11H2,1H3/t6-/m0/s1. The van der Waals surface area contributed by atoms with Crippen LogP contribution in [-0.4, -0.2) is 25.9 Å². The highest BCUT2D eigenvalue weighted by atomic mass is 79.9. The van der Waals surface area contributed by atoms with Crippen LogP contribution in [0.3, 0.4) is 0 Å². The summed E-state index contributed by atoms with van der Waals surface area (Å²) in [5.74, 6) is 0. The Morgan fingerprint density at radius 2 is 2.17 bits per heavy atom. The van der Waals surface area contributed by atoms with Crippen molar-refractivity contribution >= 4 is 31.6 Å². The Morgan fingerprint density at radius 3 is 2.61 bits per heavy atom. The van der Waals surface area contributed by atoms with Crippen molar-refractivity contribution in [1.29, 1.82) is 0 Å². The Balaban J connectivity index is 3.12. The number of nitrogens with zero attached hydrogens (tertiary/aromatic N) is 1. The molecule has 0 aliphatic carbocycles. The second kappa shape index (κ2) is 5.74. The zero-order valence-corrected chi connectivity index (χ0v) is 11.9. The van der Waals surface area contributed by atoms with Crippen molar-refractivity contribution in [3.05, 3.63) is 32.8 Å². The number of nitro benzene ring substituents is 1. The second-order valence-corrected chi connectivity index (χ2v) is 6.20. The summed E-state index contributed by atoms with van der Waals surface area (Å²) >= 11 is 2.96. The molecule has 0 aromatic heterocycles. The predicted octanol–water partition coefficient (Wildman–Crippen LogP) is 0.983. The van der Waals surface area contributed by atoms with Crippen LogP contribution in [0.25, 0.3) is 0 Å². The molecule has 0 radical (unpaired) electrons. The number of hydrogen-bond donors (Lipinski definition) is 2. The first-order valence-electron chi connectivity index (χ1n) is 4.94. The highest BCUT2D eigenvalue weighted by molar-refractivity contribution is 9.10. The molecule has 3 N–H and O–H groups in total. The third kappa shape index (κ3) is 3.48. The molecule has 0 aliphatic heterocycles. The normalized spacial score (nSPS) is 13.3. The molecule has 0 spiro atoms. The maximum atomic E-state index is 11.9. The minimum absolute atomic E-state index is 0.0553. The maximum absolute atomic E-state index is 11.9. The lowest BCUT2D eigenvalue weighted by Crippen LogP contribution is -2.37. The van der Waals surface area contributed by atoms with E-state index < -0.39 is 21.0 Å². The van der Waals surface area contributed by atoms with Gasteiger partial charge in [0.1, 0.15) is 0 Å². The minimum Gasteiger partial charge on any atom is -0.329 e. The Labute approximate surface area is 113 Å². The Kier molecular flexibility index (Phi) is 4.79. The van der Waals surface area contributed by atoms with E-state index in [-0.39, 0.29) is 21.6 Å². The molecule has 0 amide bonds. The molecule has 1 aromatic carbocycles. The molecule has 18 heavy (non-hydrogen) atoms. The van der Waals surface area contributed by atoms with Crippen LogP contribution in [0, 0.1) is 10.1 Å². The number of halogens is 1. The van der Waals surface area contributed by atoms with Crippen molar-refractivity contribution in [2.45, 2.75) is 17.9 Å². The molecule has 0 heterocycles. The van der Waals surface area contributed by atoms with Gasteiger partial charge in [0.05, 0.1) is 14.3 Å². The van der Waals surface area contributed by atoms with E-state index in [2.05, 4.69) is 20.7 Å². The topological polar surface area (TPSA) is 115 Å².